The Labute approximate surface area is 137 Å². The second-order valence-electron chi connectivity index (χ2n) is 3.59. The molecule has 0 saturated heterocycles. The molecular weight excluding hydrogens is 537 g/mol. The minimum Gasteiger partial charge on any atom is -0.0577 e. The van der Waals surface area contributed by atoms with E-state index in [9.17, 15) is 0 Å². The summed E-state index contributed by atoms with van der Waals surface area (Å²) in [5, 5.41) is 0. The van der Waals surface area contributed by atoms with Crippen molar-refractivity contribution in [3.63, 3.8) is 0 Å². The van der Waals surface area contributed by atoms with E-state index in [2.05, 4.69) is 111 Å². The third-order valence-corrected chi connectivity index (χ3v) is 6.45. The van der Waals surface area contributed by atoms with E-state index < -0.39 is 0 Å². The molecule has 0 aliphatic carbocycles. The van der Waals surface area contributed by atoms with Gasteiger partial charge in [0.2, 0.25) is 0 Å². The molecule has 3 heteroatoms. The zero-order valence-corrected chi connectivity index (χ0v) is 15.1. The molecule has 0 N–H and O–H groups in total. The minimum atomic E-state index is 1.29. The topological polar surface area (TPSA) is 0 Å². The average molecular weight is 546 g/mol. The van der Waals surface area contributed by atoms with Gasteiger partial charge in [0.1, 0.15) is 0 Å². The van der Waals surface area contributed by atoms with Crippen LogP contribution in [0.3, 0.4) is 0 Å². The summed E-state index contributed by atoms with van der Waals surface area (Å²) >= 11 is 7.13. The van der Waals surface area contributed by atoms with E-state index in [1.54, 1.807) is 0 Å². The van der Waals surface area contributed by atoms with Crippen LogP contribution in [0.25, 0.3) is 11.1 Å². The van der Waals surface area contributed by atoms with E-state index in [1.807, 2.05) is 0 Å². The summed E-state index contributed by atoms with van der Waals surface area (Å²) in [6.07, 6.45) is 0. The Bertz CT molecular complexity index is 483. The maximum absolute atomic E-state index is 2.39. The highest BCUT2D eigenvalue weighted by molar-refractivity contribution is 14.1. The fraction of sp³-hybridized carbons (Fsp3) is 0.0769. The third-order valence-electron chi connectivity index (χ3n) is 2.42. The fourth-order valence-electron chi connectivity index (χ4n) is 1.45. The largest absolute Gasteiger partial charge is 0.0577 e. The number of halogens is 3. The third kappa shape index (κ3) is 2.90. The normalized spacial score (nSPS) is 10.5. The van der Waals surface area contributed by atoms with Gasteiger partial charge in [0.15, 0.2) is 0 Å². The van der Waals surface area contributed by atoms with E-state index in [-0.39, 0.29) is 0 Å². The maximum atomic E-state index is 2.39. The molecule has 82 valence electrons. The lowest BCUT2D eigenvalue weighted by atomic mass is 10.0. The Morgan fingerprint density at radius 3 is 1.81 bits per heavy atom. The highest BCUT2D eigenvalue weighted by atomic mass is 127. The lowest BCUT2D eigenvalue weighted by Gasteiger charge is -2.06. The lowest BCUT2D eigenvalue weighted by molar-refractivity contribution is 1.42. The Hall–Kier alpha value is 0.630. The smallest absolute Gasteiger partial charge is 0.0270 e. The Morgan fingerprint density at radius 1 is 0.688 bits per heavy atom. The summed E-state index contributed by atoms with van der Waals surface area (Å²) in [4.78, 5) is 0. The van der Waals surface area contributed by atoms with Gasteiger partial charge in [-0.25, -0.2) is 0 Å². The van der Waals surface area contributed by atoms with Gasteiger partial charge >= 0.3 is 0 Å². The van der Waals surface area contributed by atoms with E-state index in [0.29, 0.717) is 0 Å². The predicted molar refractivity (Wildman–Crippen MR) is 94.8 cm³/mol. The molecule has 0 amide bonds. The van der Waals surface area contributed by atoms with Crippen molar-refractivity contribution < 1.29 is 0 Å². The number of hydrogen-bond acceptors (Lipinski definition) is 0. The highest BCUT2D eigenvalue weighted by Crippen LogP contribution is 2.26. The lowest BCUT2D eigenvalue weighted by Crippen LogP contribution is -1.85. The Kier molecular flexibility index (Phi) is 4.51. The minimum absolute atomic E-state index is 1.29. The summed E-state index contributed by atoms with van der Waals surface area (Å²) in [6, 6.07) is 13.2. The van der Waals surface area contributed by atoms with Gasteiger partial charge in [-0.05, 0) is 110 Å². The Morgan fingerprint density at radius 2 is 1.25 bits per heavy atom. The molecule has 0 aliphatic rings. The number of aryl methyl sites for hydroxylation is 1. The van der Waals surface area contributed by atoms with Crippen LogP contribution in [0, 0.1) is 17.6 Å². The summed E-state index contributed by atoms with van der Waals surface area (Å²) in [6.45, 7) is 2.14. The first-order valence-electron chi connectivity index (χ1n) is 4.79. The van der Waals surface area contributed by atoms with Crippen LogP contribution in [0.15, 0.2) is 36.4 Å². The van der Waals surface area contributed by atoms with Crippen LogP contribution in [0.1, 0.15) is 5.56 Å². The van der Waals surface area contributed by atoms with Gasteiger partial charge in [-0.3, -0.25) is 0 Å². The molecule has 2 aromatic carbocycles. The molecule has 0 spiro atoms. The molecule has 0 saturated carbocycles. The van der Waals surface area contributed by atoms with Crippen LogP contribution < -0.4 is 0 Å². The van der Waals surface area contributed by atoms with E-state index >= 15 is 0 Å². The molecule has 2 rings (SSSR count). The molecular formula is C13H9I3. The molecule has 0 heterocycles. The van der Waals surface area contributed by atoms with Crippen LogP contribution >= 0.6 is 67.8 Å². The van der Waals surface area contributed by atoms with Gasteiger partial charge in [-0.15, -0.1) is 0 Å². The summed E-state index contributed by atoms with van der Waals surface area (Å²) < 4.78 is 3.94. The molecule has 2 aromatic rings. The van der Waals surface area contributed by atoms with Crippen molar-refractivity contribution in [3.05, 3.63) is 52.7 Å². The van der Waals surface area contributed by atoms with Gasteiger partial charge in [0.05, 0.1) is 0 Å². The first-order chi connectivity index (χ1) is 7.58. The van der Waals surface area contributed by atoms with Crippen molar-refractivity contribution in [2.45, 2.75) is 6.92 Å². The summed E-state index contributed by atoms with van der Waals surface area (Å²) in [5.41, 5.74) is 3.93. The number of hydrogen-bond donors (Lipinski definition) is 0. The molecule has 0 unspecified atom stereocenters. The van der Waals surface area contributed by atoms with Crippen LogP contribution in [-0.2, 0) is 0 Å². The first-order valence-corrected chi connectivity index (χ1v) is 8.03. The standard InChI is InChI=1S/C13H9I3/c1-8-2-3-9(6-12(8)15)10-4-5-11(14)13(16)7-10/h2-7H,1H3. The van der Waals surface area contributed by atoms with Crippen LogP contribution in [0.2, 0.25) is 0 Å². The first kappa shape index (κ1) is 13.1. The molecule has 16 heavy (non-hydrogen) atoms. The van der Waals surface area contributed by atoms with E-state index in [0.717, 1.165) is 0 Å². The zero-order valence-electron chi connectivity index (χ0n) is 8.60. The highest BCUT2D eigenvalue weighted by Gasteiger charge is 2.03. The monoisotopic (exact) mass is 546 g/mol. The van der Waals surface area contributed by atoms with Gasteiger partial charge in [0, 0.05) is 10.7 Å². The van der Waals surface area contributed by atoms with Gasteiger partial charge in [0.25, 0.3) is 0 Å². The van der Waals surface area contributed by atoms with Gasteiger partial charge < -0.3 is 0 Å². The zero-order chi connectivity index (χ0) is 11.7. The molecule has 0 nitrogen and oxygen atoms in total. The van der Waals surface area contributed by atoms with Crippen molar-refractivity contribution in [1.82, 2.24) is 0 Å². The van der Waals surface area contributed by atoms with Crippen molar-refractivity contribution in [1.29, 1.82) is 0 Å². The molecule has 0 atom stereocenters. The SMILES string of the molecule is Cc1ccc(-c2ccc(I)c(I)c2)cc1I. The van der Waals surface area contributed by atoms with Crippen LogP contribution in [0.4, 0.5) is 0 Å². The van der Waals surface area contributed by atoms with E-state index in [1.165, 1.54) is 27.4 Å². The average Bonchev–Trinajstić information content (AvgIpc) is 2.26. The molecule has 0 fully saturated rings. The van der Waals surface area contributed by atoms with Gasteiger partial charge in [-0.1, -0.05) is 18.2 Å². The quantitative estimate of drug-likeness (QED) is 0.417. The van der Waals surface area contributed by atoms with Crippen molar-refractivity contribution in [2.24, 2.45) is 0 Å². The van der Waals surface area contributed by atoms with Gasteiger partial charge in [-0.2, -0.15) is 0 Å². The van der Waals surface area contributed by atoms with Crippen molar-refractivity contribution >= 4 is 67.8 Å². The molecule has 0 aromatic heterocycles. The predicted octanol–water partition coefficient (Wildman–Crippen LogP) is 5.48. The fourth-order valence-corrected chi connectivity index (χ4v) is 2.81. The maximum Gasteiger partial charge on any atom is 0.0270 e. The second-order valence-corrected chi connectivity index (χ2v) is 7.08. The summed E-state index contributed by atoms with van der Waals surface area (Å²) in [7, 11) is 0. The number of benzene rings is 2. The van der Waals surface area contributed by atoms with Crippen LogP contribution in [0.5, 0.6) is 0 Å². The Balaban J connectivity index is 2.50. The molecule has 0 bridgehead atoms. The van der Waals surface area contributed by atoms with Crippen LogP contribution in [-0.4, -0.2) is 0 Å². The van der Waals surface area contributed by atoms with Crippen molar-refractivity contribution in [2.75, 3.05) is 0 Å². The summed E-state index contributed by atoms with van der Waals surface area (Å²) in [5.74, 6) is 0. The molecule has 0 aliphatic heterocycles. The molecule has 0 radical (unpaired) electrons. The second kappa shape index (κ2) is 5.51. The van der Waals surface area contributed by atoms with E-state index in [4.69, 9.17) is 0 Å². The number of rotatable bonds is 1. The van der Waals surface area contributed by atoms with Crippen molar-refractivity contribution in [3.8, 4) is 11.1 Å².